The molecule has 0 aliphatic heterocycles. The van der Waals surface area contributed by atoms with Gasteiger partial charge in [0.15, 0.2) is 0 Å². The minimum absolute atomic E-state index is 0.0618. The molecule has 0 aromatic rings. The fraction of sp³-hybridized carbons (Fsp3) is 0.500. The molecule has 0 radical (unpaired) electrons. The highest BCUT2D eigenvalue weighted by molar-refractivity contribution is 5.72. The van der Waals surface area contributed by atoms with Crippen LogP contribution in [0.4, 0.5) is 0 Å². The second-order valence-electron chi connectivity index (χ2n) is 2.39. The molecule has 0 bridgehead atoms. The topological polar surface area (TPSA) is 136 Å². The van der Waals surface area contributed by atoms with Crippen molar-refractivity contribution in [2.24, 2.45) is 17.2 Å². The van der Waals surface area contributed by atoms with E-state index >= 15 is 0 Å². The molecule has 0 aliphatic rings. The number of hydrogen-bond acceptors (Lipinski definition) is 5. The van der Waals surface area contributed by atoms with E-state index in [0.29, 0.717) is 0 Å². The monoisotopic (exact) mass is 175 g/mol. The van der Waals surface area contributed by atoms with Crippen LogP contribution in [0.2, 0.25) is 0 Å². The first-order valence-corrected chi connectivity index (χ1v) is 3.36. The fourth-order valence-electron chi connectivity index (χ4n) is 0.563. The summed E-state index contributed by atoms with van der Waals surface area (Å²) >= 11 is 0. The molecule has 0 fully saturated rings. The summed E-state index contributed by atoms with van der Waals surface area (Å²) in [6.07, 6.45) is 0.332. The Kier molecular flexibility index (Phi) is 3.92. The van der Waals surface area contributed by atoms with Crippen LogP contribution in [0.5, 0.6) is 0 Å². The molecule has 0 aromatic heterocycles. The van der Waals surface area contributed by atoms with Gasteiger partial charge in [-0.1, -0.05) is 0 Å². The third kappa shape index (κ3) is 3.67. The summed E-state index contributed by atoms with van der Waals surface area (Å²) in [5.74, 6) is -1.58. The van der Waals surface area contributed by atoms with Gasteiger partial charge in [0.25, 0.3) is 0 Å². The van der Waals surface area contributed by atoms with E-state index in [2.05, 4.69) is 0 Å². The van der Waals surface area contributed by atoms with E-state index in [4.69, 9.17) is 27.4 Å². The highest BCUT2D eigenvalue weighted by Crippen LogP contribution is 2.02. The number of hydrogen-bond donors (Lipinski definition) is 5. The summed E-state index contributed by atoms with van der Waals surface area (Å²) in [5, 5.41) is 17.0. The van der Waals surface area contributed by atoms with Crippen molar-refractivity contribution < 1.29 is 15.0 Å². The van der Waals surface area contributed by atoms with Crippen molar-refractivity contribution in [3.05, 3.63) is 11.6 Å². The van der Waals surface area contributed by atoms with E-state index in [1.165, 1.54) is 0 Å². The van der Waals surface area contributed by atoms with E-state index in [0.717, 1.165) is 0 Å². The Labute approximate surface area is 69.6 Å². The maximum Gasteiger partial charge on any atom is 0.320 e. The molecule has 0 saturated carbocycles. The van der Waals surface area contributed by atoms with Crippen molar-refractivity contribution in [2.45, 2.75) is 18.9 Å². The lowest BCUT2D eigenvalue weighted by molar-refractivity contribution is -0.138. The highest BCUT2D eigenvalue weighted by Gasteiger charge is 2.11. The second kappa shape index (κ2) is 4.45. The number of nitrogens with two attached hydrogens (primary N) is 3. The van der Waals surface area contributed by atoms with Crippen LogP contribution in [0.1, 0.15) is 12.8 Å². The van der Waals surface area contributed by atoms with Crippen LogP contribution in [0.15, 0.2) is 11.6 Å². The Morgan fingerprint density at radius 3 is 2.17 bits per heavy atom. The molecule has 0 aliphatic carbocycles. The lowest BCUT2D eigenvalue weighted by Gasteiger charge is -2.05. The lowest BCUT2D eigenvalue weighted by atomic mass is 10.1. The number of carboxylic acid groups (broad SMARTS) is 1. The summed E-state index contributed by atoms with van der Waals surface area (Å²) in [7, 11) is 0. The van der Waals surface area contributed by atoms with Crippen molar-refractivity contribution in [1.29, 1.82) is 0 Å². The van der Waals surface area contributed by atoms with Gasteiger partial charge in [0, 0.05) is 0 Å². The zero-order valence-corrected chi connectivity index (χ0v) is 6.53. The molecule has 8 N–H and O–H groups in total. The van der Waals surface area contributed by atoms with Crippen molar-refractivity contribution in [1.82, 2.24) is 0 Å². The standard InChI is InChI=1S/C6H13N3O3/c7-3(5(9)10)1-2-4(8)6(11)12/h4,10H,1-2,7-9H2,(H,11,12)/b5-3+. The third-order valence-electron chi connectivity index (χ3n) is 1.37. The second-order valence-corrected chi connectivity index (χ2v) is 2.39. The minimum Gasteiger partial charge on any atom is -0.494 e. The van der Waals surface area contributed by atoms with Crippen molar-refractivity contribution in [3.8, 4) is 0 Å². The molecule has 0 heterocycles. The molecule has 1 unspecified atom stereocenters. The normalized spacial score (nSPS) is 15.1. The Bertz CT molecular complexity index is 198. The minimum atomic E-state index is -1.10. The smallest absolute Gasteiger partial charge is 0.320 e. The summed E-state index contributed by atoms with van der Waals surface area (Å²) < 4.78 is 0. The van der Waals surface area contributed by atoms with Gasteiger partial charge in [-0.05, 0) is 12.8 Å². The number of carboxylic acids is 1. The predicted molar refractivity (Wildman–Crippen MR) is 42.9 cm³/mol. The predicted octanol–water partition coefficient (Wildman–Crippen LogP) is -1.18. The zero-order chi connectivity index (χ0) is 9.72. The molecule has 6 nitrogen and oxygen atoms in total. The van der Waals surface area contributed by atoms with Crippen LogP contribution in [0, 0.1) is 0 Å². The average Bonchev–Trinajstić information content (AvgIpc) is 1.98. The molecule has 12 heavy (non-hydrogen) atoms. The summed E-state index contributed by atoms with van der Waals surface area (Å²) in [4.78, 5) is 10.2. The Hall–Kier alpha value is -1.43. The van der Waals surface area contributed by atoms with Crippen LogP contribution >= 0.6 is 0 Å². The van der Waals surface area contributed by atoms with E-state index < -0.39 is 17.9 Å². The quantitative estimate of drug-likeness (QED) is 0.341. The molecule has 0 rings (SSSR count). The zero-order valence-electron chi connectivity index (χ0n) is 6.53. The van der Waals surface area contributed by atoms with Gasteiger partial charge in [0.05, 0.1) is 5.70 Å². The summed E-state index contributed by atoms with van der Waals surface area (Å²) in [6, 6.07) is -0.970. The van der Waals surface area contributed by atoms with Crippen molar-refractivity contribution >= 4 is 5.97 Å². The highest BCUT2D eigenvalue weighted by atomic mass is 16.4. The van der Waals surface area contributed by atoms with Crippen LogP contribution in [-0.2, 0) is 4.79 Å². The lowest BCUT2D eigenvalue weighted by Crippen LogP contribution is -2.30. The summed E-state index contributed by atoms with van der Waals surface area (Å²) in [5.41, 5.74) is 15.4. The molecule has 1 atom stereocenters. The number of carbonyl (C=O) groups is 1. The van der Waals surface area contributed by atoms with Gasteiger partial charge in [-0.3, -0.25) is 4.79 Å². The molecule has 6 heteroatoms. The first-order valence-electron chi connectivity index (χ1n) is 3.36. The summed E-state index contributed by atoms with van der Waals surface area (Å²) in [6.45, 7) is 0. The fourth-order valence-corrected chi connectivity index (χ4v) is 0.563. The molecule has 0 amide bonds. The molecule has 70 valence electrons. The number of allylic oxidation sites excluding steroid dienone is 1. The van der Waals surface area contributed by atoms with Crippen LogP contribution in [-0.4, -0.2) is 22.2 Å². The van der Waals surface area contributed by atoms with Crippen LogP contribution in [0.25, 0.3) is 0 Å². The van der Waals surface area contributed by atoms with Gasteiger partial charge in [-0.25, -0.2) is 0 Å². The van der Waals surface area contributed by atoms with Crippen LogP contribution < -0.4 is 17.2 Å². The number of rotatable bonds is 4. The molecule has 0 saturated heterocycles. The van der Waals surface area contributed by atoms with E-state index in [1.54, 1.807) is 0 Å². The van der Waals surface area contributed by atoms with Gasteiger partial charge in [0.2, 0.25) is 5.88 Å². The van der Waals surface area contributed by atoms with E-state index in [9.17, 15) is 4.79 Å². The van der Waals surface area contributed by atoms with Gasteiger partial charge in [-0.15, -0.1) is 0 Å². The Morgan fingerprint density at radius 1 is 1.33 bits per heavy atom. The maximum absolute atomic E-state index is 10.2. The molecule has 0 aromatic carbocycles. The SMILES string of the molecule is N/C(O)=C(\N)CCC(N)C(=O)O. The van der Waals surface area contributed by atoms with Crippen LogP contribution in [0.3, 0.4) is 0 Å². The largest absolute Gasteiger partial charge is 0.494 e. The van der Waals surface area contributed by atoms with Gasteiger partial charge in [0.1, 0.15) is 6.04 Å². The Balaban J connectivity index is 3.85. The molecule has 0 spiro atoms. The van der Waals surface area contributed by atoms with E-state index in [1.807, 2.05) is 0 Å². The first kappa shape index (κ1) is 10.6. The first-order chi connectivity index (χ1) is 5.45. The molecular formula is C6H13N3O3. The van der Waals surface area contributed by atoms with Gasteiger partial charge in [-0.2, -0.15) is 0 Å². The Morgan fingerprint density at radius 2 is 1.83 bits per heavy atom. The number of aliphatic carboxylic acids is 1. The maximum atomic E-state index is 10.2. The van der Waals surface area contributed by atoms with Crippen molar-refractivity contribution in [3.63, 3.8) is 0 Å². The van der Waals surface area contributed by atoms with Gasteiger partial charge < -0.3 is 27.4 Å². The third-order valence-corrected chi connectivity index (χ3v) is 1.37. The number of aliphatic hydroxyl groups excluding tert-OH is 1. The van der Waals surface area contributed by atoms with E-state index in [-0.39, 0.29) is 18.5 Å². The van der Waals surface area contributed by atoms with Gasteiger partial charge >= 0.3 is 5.97 Å². The molecular weight excluding hydrogens is 162 g/mol. The van der Waals surface area contributed by atoms with Crippen molar-refractivity contribution in [2.75, 3.05) is 0 Å². The number of aliphatic hydroxyl groups is 1. The average molecular weight is 175 g/mol.